The molecule has 68 heavy (non-hydrogen) atoms. The summed E-state index contributed by atoms with van der Waals surface area (Å²) in [6, 6.07) is 52.0. The molecule has 5 heteroatoms. The largest absolute Gasteiger partial charge is 0.455 e. The fraction of sp³-hybridized carbons (Fsp3) is 0.238. The van der Waals surface area contributed by atoms with Crippen molar-refractivity contribution in [1.29, 1.82) is 0 Å². The number of hydrogen-bond donors (Lipinski definition) is 0. The molecule has 0 atom stereocenters. The minimum absolute atomic E-state index is 0.0158. The molecular weight excluding hydrogens is 844 g/mol. The zero-order chi connectivity index (χ0) is 46.7. The van der Waals surface area contributed by atoms with Gasteiger partial charge in [0.25, 0.3) is 0 Å². The van der Waals surface area contributed by atoms with Gasteiger partial charge in [-0.3, -0.25) is 0 Å². The SMILES string of the molecule is CC(C)(C)c1ccc(N2B3c4cc5c(cc4-n4c6ccc(C(C)(C)C)cc6c6c7c(oc8ccccc87)c(c3c64)-c3cc4c(cc32)-c2ccc(C(C)(C)C)cc2C4(C)C)sc2ccccc25)cc1. The summed E-state index contributed by atoms with van der Waals surface area (Å²) in [7, 11) is 0. The molecule has 0 N–H and O–H groups in total. The average molecular weight is 899 g/mol. The standard InChI is InChI=1S/C63H55BN2OS/c1-60(2,3)34-20-24-37(25-21-34)66-49-32-41-38-26-22-36(62(7,8)9)29-45(38)63(10,11)46(41)30-44(49)56-57-58-54(55-40-17-12-14-18-51(40)67-59(55)56)43-28-35(61(4,5)6)23-27-48(43)65(58)50-33-53-42(31-47(50)64(57)66)39-16-13-15-19-52(39)68-53/h12-33H,1-11H3. The molecule has 5 heterocycles. The van der Waals surface area contributed by atoms with Crippen LogP contribution in [0.15, 0.2) is 138 Å². The lowest BCUT2D eigenvalue weighted by Gasteiger charge is -2.42. The summed E-state index contributed by atoms with van der Waals surface area (Å²) in [6.45, 7) is 25.7. The lowest BCUT2D eigenvalue weighted by Crippen LogP contribution is -2.60. The maximum Gasteiger partial charge on any atom is 0.333 e. The van der Waals surface area contributed by atoms with Crippen LogP contribution in [0.4, 0.5) is 11.4 Å². The third-order valence-corrected chi connectivity index (χ3v) is 17.4. The maximum atomic E-state index is 7.40. The van der Waals surface area contributed by atoms with Gasteiger partial charge in [0.05, 0.1) is 11.0 Å². The van der Waals surface area contributed by atoms with Gasteiger partial charge in [-0.2, -0.15) is 0 Å². The van der Waals surface area contributed by atoms with Gasteiger partial charge >= 0.3 is 6.85 Å². The molecule has 3 nitrogen and oxygen atoms in total. The molecule has 2 aliphatic heterocycles. The first kappa shape index (κ1) is 40.5. The van der Waals surface area contributed by atoms with Crippen LogP contribution in [0, 0.1) is 0 Å². The third-order valence-electron chi connectivity index (χ3n) is 16.2. The minimum Gasteiger partial charge on any atom is -0.455 e. The van der Waals surface area contributed by atoms with E-state index in [4.69, 9.17) is 4.42 Å². The third kappa shape index (κ3) is 5.21. The molecule has 11 aromatic rings. The summed E-state index contributed by atoms with van der Waals surface area (Å²) >= 11 is 1.91. The number of para-hydroxylation sites is 1. The monoisotopic (exact) mass is 898 g/mol. The Hall–Kier alpha value is -6.56. The summed E-state index contributed by atoms with van der Waals surface area (Å²) in [4.78, 5) is 2.72. The molecule has 3 aliphatic rings. The number of rotatable bonds is 1. The van der Waals surface area contributed by atoms with Crippen molar-refractivity contribution < 1.29 is 4.42 Å². The van der Waals surface area contributed by atoms with Crippen molar-refractivity contribution in [3.8, 4) is 27.9 Å². The topological polar surface area (TPSA) is 21.3 Å². The van der Waals surface area contributed by atoms with Crippen molar-refractivity contribution in [3.63, 3.8) is 0 Å². The van der Waals surface area contributed by atoms with E-state index < -0.39 is 0 Å². The second-order valence-corrected chi connectivity index (χ2v) is 24.8. The van der Waals surface area contributed by atoms with Crippen LogP contribution >= 0.6 is 11.3 Å². The molecule has 0 fully saturated rings. The highest BCUT2D eigenvalue weighted by Gasteiger charge is 2.48. The van der Waals surface area contributed by atoms with Crippen LogP contribution in [-0.2, 0) is 21.7 Å². The Labute approximate surface area is 403 Å². The summed E-state index contributed by atoms with van der Waals surface area (Å²) < 4.78 is 12.7. The second-order valence-electron chi connectivity index (χ2n) is 23.8. The Morgan fingerprint density at radius 1 is 0.529 bits per heavy atom. The van der Waals surface area contributed by atoms with Crippen molar-refractivity contribution in [2.24, 2.45) is 0 Å². The van der Waals surface area contributed by atoms with Gasteiger partial charge in [-0.15, -0.1) is 11.3 Å². The lowest BCUT2D eigenvalue weighted by molar-refractivity contribution is 0.584. The smallest absolute Gasteiger partial charge is 0.333 e. The summed E-state index contributed by atoms with van der Waals surface area (Å²) in [6.07, 6.45) is 0. The lowest BCUT2D eigenvalue weighted by atomic mass is 9.43. The van der Waals surface area contributed by atoms with Crippen LogP contribution in [0.3, 0.4) is 0 Å². The van der Waals surface area contributed by atoms with E-state index in [2.05, 4.69) is 219 Å². The van der Waals surface area contributed by atoms with Gasteiger partial charge in [-0.05, 0) is 121 Å². The quantitative estimate of drug-likeness (QED) is 0.153. The average Bonchev–Trinajstić information content (AvgIpc) is 4.03. The van der Waals surface area contributed by atoms with Gasteiger partial charge in [0.15, 0.2) is 0 Å². The van der Waals surface area contributed by atoms with Crippen molar-refractivity contribution >= 4 is 104 Å². The number of anilines is 2. The zero-order valence-electron chi connectivity index (χ0n) is 41.0. The molecule has 0 spiro atoms. The minimum atomic E-state index is -0.220. The summed E-state index contributed by atoms with van der Waals surface area (Å²) in [5.74, 6) is 0. The van der Waals surface area contributed by atoms with Crippen LogP contribution in [0.25, 0.3) is 91.9 Å². The van der Waals surface area contributed by atoms with Gasteiger partial charge in [-0.1, -0.05) is 155 Å². The van der Waals surface area contributed by atoms with Crippen LogP contribution in [0.2, 0.25) is 0 Å². The molecule has 0 saturated carbocycles. The Kier molecular flexibility index (Phi) is 7.71. The number of aromatic nitrogens is 1. The first-order valence-electron chi connectivity index (χ1n) is 24.5. The highest BCUT2D eigenvalue weighted by molar-refractivity contribution is 7.26. The molecule has 332 valence electrons. The Morgan fingerprint density at radius 3 is 1.94 bits per heavy atom. The van der Waals surface area contributed by atoms with Gasteiger partial charge in [0.1, 0.15) is 11.2 Å². The van der Waals surface area contributed by atoms with Crippen molar-refractivity contribution in [2.45, 2.75) is 97.8 Å². The number of thiophene rings is 1. The van der Waals surface area contributed by atoms with E-state index in [9.17, 15) is 0 Å². The van der Waals surface area contributed by atoms with Crippen molar-refractivity contribution in [1.82, 2.24) is 4.57 Å². The molecule has 8 aromatic carbocycles. The second kappa shape index (κ2) is 12.9. The maximum absolute atomic E-state index is 7.40. The van der Waals surface area contributed by atoms with Gasteiger partial charge in [0.2, 0.25) is 0 Å². The molecule has 14 rings (SSSR count). The van der Waals surface area contributed by atoms with Gasteiger partial charge in [-0.25, -0.2) is 0 Å². The van der Waals surface area contributed by atoms with Gasteiger partial charge < -0.3 is 13.8 Å². The molecule has 0 radical (unpaired) electrons. The van der Waals surface area contributed by atoms with E-state index in [-0.39, 0.29) is 28.5 Å². The first-order chi connectivity index (χ1) is 32.4. The molecule has 0 saturated heterocycles. The number of furan rings is 1. The molecular formula is C63H55BN2OS. The molecule has 0 amide bonds. The van der Waals surface area contributed by atoms with Gasteiger partial charge in [0, 0.05) is 75.3 Å². The predicted octanol–water partition coefficient (Wildman–Crippen LogP) is 16.5. The number of hydrogen-bond acceptors (Lipinski definition) is 3. The van der Waals surface area contributed by atoms with Crippen molar-refractivity contribution in [3.05, 3.63) is 161 Å². The summed E-state index contributed by atoms with van der Waals surface area (Å²) in [5, 5.41) is 7.57. The van der Waals surface area contributed by atoms with E-state index in [1.165, 1.54) is 125 Å². The molecule has 1 aliphatic carbocycles. The van der Waals surface area contributed by atoms with E-state index >= 15 is 0 Å². The first-order valence-corrected chi connectivity index (χ1v) is 25.3. The Morgan fingerprint density at radius 2 is 1.19 bits per heavy atom. The molecule has 0 bridgehead atoms. The highest BCUT2D eigenvalue weighted by Crippen LogP contribution is 2.57. The predicted molar refractivity (Wildman–Crippen MR) is 294 cm³/mol. The van der Waals surface area contributed by atoms with E-state index in [1.807, 2.05) is 11.3 Å². The number of nitrogens with zero attached hydrogens (tertiary/aromatic N) is 2. The normalized spacial score (nSPS) is 15.0. The van der Waals surface area contributed by atoms with Crippen LogP contribution < -0.4 is 15.7 Å². The molecule has 3 aromatic heterocycles. The fourth-order valence-corrected chi connectivity index (χ4v) is 13.7. The van der Waals surface area contributed by atoms with Crippen molar-refractivity contribution in [2.75, 3.05) is 4.81 Å². The van der Waals surface area contributed by atoms with Crippen LogP contribution in [0.5, 0.6) is 0 Å². The molecule has 0 unspecified atom stereocenters. The Bertz CT molecular complexity index is 4060. The number of benzene rings is 8. The van der Waals surface area contributed by atoms with E-state index in [1.54, 1.807) is 0 Å². The Balaban J connectivity index is 1.21. The van der Waals surface area contributed by atoms with E-state index in [0.29, 0.717) is 0 Å². The van der Waals surface area contributed by atoms with E-state index in [0.717, 1.165) is 16.6 Å². The van der Waals surface area contributed by atoms with Crippen LogP contribution in [-0.4, -0.2) is 11.4 Å². The van der Waals surface area contributed by atoms with Crippen LogP contribution in [0.1, 0.15) is 104 Å². The number of fused-ring (bicyclic) bond motifs is 19. The fourth-order valence-electron chi connectivity index (χ4n) is 12.6. The summed E-state index contributed by atoms with van der Waals surface area (Å²) in [5.41, 5.74) is 22.4. The highest BCUT2D eigenvalue weighted by atomic mass is 32.1. The zero-order valence-corrected chi connectivity index (χ0v) is 41.8.